The van der Waals surface area contributed by atoms with E-state index in [0.717, 1.165) is 4.90 Å². The van der Waals surface area contributed by atoms with E-state index in [4.69, 9.17) is 0 Å². The van der Waals surface area contributed by atoms with Crippen LogP contribution >= 0.6 is 0 Å². The molecule has 0 aliphatic carbocycles. The van der Waals surface area contributed by atoms with Gasteiger partial charge in [0.25, 0.3) is 5.91 Å². The molecule has 27 heavy (non-hydrogen) atoms. The highest BCUT2D eigenvalue weighted by atomic mass is 19.1. The van der Waals surface area contributed by atoms with Gasteiger partial charge in [-0.25, -0.2) is 9.18 Å². The zero-order valence-corrected chi connectivity index (χ0v) is 14.9. The van der Waals surface area contributed by atoms with Gasteiger partial charge in [0.2, 0.25) is 5.91 Å². The quantitative estimate of drug-likeness (QED) is 0.767. The average molecular weight is 369 g/mol. The first-order chi connectivity index (χ1) is 13.0. The first-order valence-corrected chi connectivity index (χ1v) is 8.67. The van der Waals surface area contributed by atoms with Crippen LogP contribution in [0.15, 0.2) is 54.6 Å². The molecule has 1 saturated heterocycles. The molecule has 1 heterocycles. The van der Waals surface area contributed by atoms with E-state index >= 15 is 0 Å². The predicted molar refractivity (Wildman–Crippen MR) is 96.9 cm³/mol. The standard InChI is InChI=1S/C20H20FN3O3/c1-2-20(15-6-4-3-5-7-15)18(26)24(19(27)23-20)13-17(25)22-12-14-8-10-16(21)11-9-14/h3-11H,2,12-13H2,1H3,(H,22,25)(H,23,27)/t20-/m0/s1. The normalized spacial score (nSPS) is 19.1. The molecule has 7 heteroatoms. The van der Waals surface area contributed by atoms with E-state index in [1.54, 1.807) is 36.4 Å². The van der Waals surface area contributed by atoms with Crippen molar-refractivity contribution in [1.82, 2.24) is 15.5 Å². The Hall–Kier alpha value is -3.22. The lowest BCUT2D eigenvalue weighted by Gasteiger charge is -2.25. The lowest BCUT2D eigenvalue weighted by atomic mass is 9.87. The smallest absolute Gasteiger partial charge is 0.325 e. The second-order valence-electron chi connectivity index (χ2n) is 6.35. The van der Waals surface area contributed by atoms with Gasteiger partial charge in [-0.1, -0.05) is 49.4 Å². The van der Waals surface area contributed by atoms with Gasteiger partial charge < -0.3 is 10.6 Å². The van der Waals surface area contributed by atoms with E-state index < -0.39 is 23.4 Å². The molecule has 4 amide bonds. The SMILES string of the molecule is CC[C@@]1(c2ccccc2)NC(=O)N(CC(=O)NCc2ccc(F)cc2)C1=O. The van der Waals surface area contributed by atoms with Crippen LogP contribution in [-0.4, -0.2) is 29.3 Å². The van der Waals surface area contributed by atoms with Crippen LogP contribution in [0.1, 0.15) is 24.5 Å². The molecule has 0 unspecified atom stereocenters. The molecule has 0 radical (unpaired) electrons. The van der Waals surface area contributed by atoms with Gasteiger partial charge in [-0.15, -0.1) is 0 Å². The van der Waals surface area contributed by atoms with Crippen molar-refractivity contribution < 1.29 is 18.8 Å². The van der Waals surface area contributed by atoms with Crippen molar-refractivity contribution in [2.75, 3.05) is 6.54 Å². The summed E-state index contributed by atoms with van der Waals surface area (Å²) in [6.45, 7) is 1.62. The monoisotopic (exact) mass is 369 g/mol. The van der Waals surface area contributed by atoms with Gasteiger partial charge in [-0.05, 0) is 29.7 Å². The lowest BCUT2D eigenvalue weighted by molar-refractivity contribution is -0.135. The van der Waals surface area contributed by atoms with Crippen LogP contribution in [-0.2, 0) is 21.7 Å². The predicted octanol–water partition coefficient (Wildman–Crippen LogP) is 2.30. The average Bonchev–Trinajstić information content (AvgIpc) is 2.93. The number of carbonyl (C=O) groups excluding carboxylic acids is 3. The molecule has 140 valence electrons. The summed E-state index contributed by atoms with van der Waals surface area (Å²) < 4.78 is 12.9. The summed E-state index contributed by atoms with van der Waals surface area (Å²) in [5.41, 5.74) is 0.240. The van der Waals surface area contributed by atoms with E-state index in [1.807, 2.05) is 13.0 Å². The number of rotatable bonds is 6. The minimum absolute atomic E-state index is 0.181. The van der Waals surface area contributed by atoms with Crippen molar-refractivity contribution in [3.63, 3.8) is 0 Å². The number of hydrogen-bond donors (Lipinski definition) is 2. The largest absolute Gasteiger partial charge is 0.350 e. The Morgan fingerprint density at radius 3 is 2.41 bits per heavy atom. The molecule has 3 rings (SSSR count). The maximum Gasteiger partial charge on any atom is 0.325 e. The van der Waals surface area contributed by atoms with Crippen molar-refractivity contribution in [2.45, 2.75) is 25.4 Å². The fraction of sp³-hybridized carbons (Fsp3) is 0.250. The van der Waals surface area contributed by atoms with E-state index in [0.29, 0.717) is 17.5 Å². The third kappa shape index (κ3) is 3.67. The van der Waals surface area contributed by atoms with Gasteiger partial charge in [-0.2, -0.15) is 0 Å². The van der Waals surface area contributed by atoms with Crippen LogP contribution in [0.25, 0.3) is 0 Å². The third-order valence-corrected chi connectivity index (χ3v) is 4.68. The molecule has 0 bridgehead atoms. The summed E-state index contributed by atoms with van der Waals surface area (Å²) in [7, 11) is 0. The van der Waals surface area contributed by atoms with Gasteiger partial charge in [-0.3, -0.25) is 14.5 Å². The Labute approximate surface area is 156 Å². The molecule has 6 nitrogen and oxygen atoms in total. The number of hydrogen-bond acceptors (Lipinski definition) is 3. The Kier molecular flexibility index (Phi) is 5.21. The Balaban J connectivity index is 1.68. The van der Waals surface area contributed by atoms with Crippen LogP contribution in [0.5, 0.6) is 0 Å². The van der Waals surface area contributed by atoms with Crippen molar-refractivity contribution in [3.8, 4) is 0 Å². The molecule has 1 fully saturated rings. The molecular formula is C20H20FN3O3. The molecular weight excluding hydrogens is 349 g/mol. The minimum atomic E-state index is -1.16. The highest BCUT2D eigenvalue weighted by Crippen LogP contribution is 2.32. The number of nitrogens with one attached hydrogen (secondary N) is 2. The summed E-state index contributed by atoms with van der Waals surface area (Å²) in [6.07, 6.45) is 0.370. The molecule has 2 aromatic rings. The van der Waals surface area contributed by atoms with E-state index in [9.17, 15) is 18.8 Å². The topological polar surface area (TPSA) is 78.5 Å². The number of nitrogens with zero attached hydrogens (tertiary/aromatic N) is 1. The number of urea groups is 1. The number of amides is 4. The molecule has 2 N–H and O–H groups in total. The summed E-state index contributed by atoms with van der Waals surface area (Å²) in [6, 6.07) is 14.1. The maximum atomic E-state index is 12.9. The Morgan fingerprint density at radius 1 is 1.11 bits per heavy atom. The maximum absolute atomic E-state index is 12.9. The fourth-order valence-electron chi connectivity index (χ4n) is 3.13. The van der Waals surface area contributed by atoms with Gasteiger partial charge in [0, 0.05) is 6.54 Å². The zero-order chi connectivity index (χ0) is 19.4. The second kappa shape index (κ2) is 7.57. The number of imide groups is 1. The summed E-state index contributed by atoms with van der Waals surface area (Å²) in [5.74, 6) is -1.28. The van der Waals surface area contributed by atoms with E-state index in [1.165, 1.54) is 12.1 Å². The molecule has 0 aromatic heterocycles. The summed E-state index contributed by atoms with van der Waals surface area (Å²) in [5, 5.41) is 5.37. The number of halogens is 1. The van der Waals surface area contributed by atoms with Crippen LogP contribution in [0.4, 0.5) is 9.18 Å². The third-order valence-electron chi connectivity index (χ3n) is 4.68. The minimum Gasteiger partial charge on any atom is -0.350 e. The van der Waals surface area contributed by atoms with Crippen LogP contribution in [0, 0.1) is 5.82 Å². The number of carbonyl (C=O) groups is 3. The van der Waals surface area contributed by atoms with Crippen molar-refractivity contribution in [3.05, 3.63) is 71.5 Å². The Bertz CT molecular complexity index is 855. The van der Waals surface area contributed by atoms with Crippen molar-refractivity contribution in [1.29, 1.82) is 0 Å². The zero-order valence-electron chi connectivity index (χ0n) is 14.9. The van der Waals surface area contributed by atoms with Crippen LogP contribution < -0.4 is 10.6 Å². The molecule has 0 saturated carbocycles. The fourth-order valence-corrected chi connectivity index (χ4v) is 3.13. The number of benzene rings is 2. The molecule has 1 atom stereocenters. The first kappa shape index (κ1) is 18.6. The molecule has 1 aliphatic rings. The Morgan fingerprint density at radius 2 is 1.78 bits per heavy atom. The lowest BCUT2D eigenvalue weighted by Crippen LogP contribution is -2.44. The van der Waals surface area contributed by atoms with Crippen LogP contribution in [0.2, 0.25) is 0 Å². The summed E-state index contributed by atoms with van der Waals surface area (Å²) >= 11 is 0. The van der Waals surface area contributed by atoms with Gasteiger partial charge in [0.1, 0.15) is 17.9 Å². The second-order valence-corrected chi connectivity index (χ2v) is 6.35. The van der Waals surface area contributed by atoms with Gasteiger partial charge in [0.15, 0.2) is 0 Å². The van der Waals surface area contributed by atoms with Gasteiger partial charge >= 0.3 is 6.03 Å². The molecule has 2 aromatic carbocycles. The van der Waals surface area contributed by atoms with Crippen LogP contribution in [0.3, 0.4) is 0 Å². The molecule has 1 aliphatic heterocycles. The van der Waals surface area contributed by atoms with Crippen molar-refractivity contribution in [2.24, 2.45) is 0 Å². The first-order valence-electron chi connectivity index (χ1n) is 8.67. The summed E-state index contributed by atoms with van der Waals surface area (Å²) in [4.78, 5) is 38.4. The van der Waals surface area contributed by atoms with E-state index in [-0.39, 0.29) is 18.9 Å². The van der Waals surface area contributed by atoms with Crippen molar-refractivity contribution >= 4 is 17.8 Å². The highest BCUT2D eigenvalue weighted by molar-refractivity contribution is 6.09. The molecule has 0 spiro atoms. The highest BCUT2D eigenvalue weighted by Gasteiger charge is 2.51. The van der Waals surface area contributed by atoms with E-state index in [2.05, 4.69) is 10.6 Å². The van der Waals surface area contributed by atoms with Gasteiger partial charge in [0.05, 0.1) is 0 Å².